The average Bonchev–Trinajstić information content (AvgIpc) is 2.77. The zero-order valence-corrected chi connectivity index (χ0v) is 15.8. The maximum atomic E-state index is 12.4. The number of methoxy groups -OCH3 is 4. The van der Waals surface area contributed by atoms with Gasteiger partial charge in [0.05, 0.1) is 45.7 Å². The van der Waals surface area contributed by atoms with Gasteiger partial charge in [-0.2, -0.15) is 0 Å². The molecule has 2 rings (SSSR count). The van der Waals surface area contributed by atoms with Crippen LogP contribution in [0, 0.1) is 0 Å². The lowest BCUT2D eigenvalue weighted by Crippen LogP contribution is -2.02. The molecule has 152 valence electrons. The molecule has 0 saturated heterocycles. The second kappa shape index (κ2) is 10.7. The first kappa shape index (κ1) is 12.8. The summed E-state index contributed by atoms with van der Waals surface area (Å²) in [6, 6.07) is 7.17. The maximum absolute atomic E-state index is 12.4. The number of hydrogen-bond donors (Lipinski definition) is 0. The van der Waals surface area contributed by atoms with E-state index in [1.54, 1.807) is 0 Å². The van der Waals surface area contributed by atoms with Crippen LogP contribution in [0.3, 0.4) is 0 Å². The van der Waals surface area contributed by atoms with E-state index < -0.39 is 44.2 Å². The van der Waals surface area contributed by atoms with E-state index in [9.17, 15) is 9.59 Å². The van der Waals surface area contributed by atoms with Crippen LogP contribution in [0.4, 0.5) is 0 Å². The first-order chi connectivity index (χ1) is 17.1. The van der Waals surface area contributed by atoms with Crippen LogP contribution in [0.25, 0.3) is 12.2 Å². The summed E-state index contributed by atoms with van der Waals surface area (Å²) in [7, 11) is -2.85. The number of allylic oxidation sites excluding steroid dienone is 2. The number of rotatable bonds is 10. The highest BCUT2D eigenvalue weighted by molar-refractivity contribution is 6.10. The zero-order chi connectivity index (χ0) is 28.0. The van der Waals surface area contributed by atoms with Gasteiger partial charge < -0.3 is 18.9 Å². The Labute approximate surface area is 181 Å². The fourth-order valence-corrected chi connectivity index (χ4v) is 2.30. The third kappa shape index (κ3) is 6.24. The van der Waals surface area contributed by atoms with Crippen molar-refractivity contribution in [2.24, 2.45) is 0 Å². The molecule has 0 aliphatic carbocycles. The molecule has 0 heterocycles. The van der Waals surface area contributed by atoms with Crippen molar-refractivity contribution >= 4 is 23.7 Å². The number of ketones is 2. The van der Waals surface area contributed by atoms with Gasteiger partial charge in [0, 0.05) is 0 Å². The second-order valence-corrected chi connectivity index (χ2v) is 5.63. The predicted molar refractivity (Wildman–Crippen MR) is 112 cm³/mol. The molecule has 0 spiro atoms. The largest absolute Gasteiger partial charge is 0.493 e. The van der Waals surface area contributed by atoms with Crippen LogP contribution in [0.5, 0.6) is 23.0 Å². The fourth-order valence-electron chi connectivity index (χ4n) is 2.30. The van der Waals surface area contributed by atoms with Gasteiger partial charge in [-0.15, -0.1) is 0 Å². The third-order valence-electron chi connectivity index (χ3n) is 3.72. The number of ether oxygens (including phenoxy) is 4. The van der Waals surface area contributed by atoms with Crippen molar-refractivity contribution < 1.29 is 39.5 Å². The zero-order valence-electron chi connectivity index (χ0n) is 23.8. The van der Waals surface area contributed by atoms with Crippen molar-refractivity contribution in [2.75, 3.05) is 28.3 Å². The van der Waals surface area contributed by atoms with E-state index in [1.807, 2.05) is 0 Å². The summed E-state index contributed by atoms with van der Waals surface area (Å²) < 4.78 is 79.3. The van der Waals surface area contributed by atoms with Gasteiger partial charge in [-0.25, -0.2) is 0 Å². The van der Waals surface area contributed by atoms with Crippen molar-refractivity contribution in [1.29, 1.82) is 0 Å². The lowest BCUT2D eigenvalue weighted by Gasteiger charge is -2.07. The van der Waals surface area contributed by atoms with E-state index in [4.69, 9.17) is 29.9 Å². The molecule has 0 radical (unpaired) electrons. The van der Waals surface area contributed by atoms with Crippen LogP contribution in [-0.4, -0.2) is 39.9 Å². The minimum atomic E-state index is -2.75. The molecular formula is C23H24O6. The van der Waals surface area contributed by atoms with Crippen LogP contribution in [-0.2, 0) is 9.59 Å². The molecule has 2 aromatic rings. The van der Waals surface area contributed by atoms with Crippen LogP contribution in [0.2, 0.25) is 0 Å². The summed E-state index contributed by atoms with van der Waals surface area (Å²) in [6.07, 6.45) is 1.47. The normalized spacial score (nSPS) is 16.5. The van der Waals surface area contributed by atoms with E-state index in [-0.39, 0.29) is 34.1 Å². The van der Waals surface area contributed by atoms with Gasteiger partial charge >= 0.3 is 0 Å². The lowest BCUT2D eigenvalue weighted by atomic mass is 10.1. The molecule has 0 atom stereocenters. The fraction of sp³-hybridized carbons (Fsp3) is 0.217. The molecule has 0 aliphatic rings. The lowest BCUT2D eigenvalue weighted by molar-refractivity contribution is -0.121. The standard InChI is InChI=1S/C23H24O6/c1-26-20-11-7-16(13-22(20)28-3)5-9-18(24)15-19(25)10-6-17-8-12-21(27-2)23(14-17)29-4/h5-14H,15H2,1-4H3/b9-5+,10-6+/i3D3,4D3,9D,10D. The van der Waals surface area contributed by atoms with Crippen molar-refractivity contribution in [3.8, 4) is 23.0 Å². The summed E-state index contributed by atoms with van der Waals surface area (Å²) in [6.45, 7) is 0. The smallest absolute Gasteiger partial charge is 0.163 e. The van der Waals surface area contributed by atoms with Gasteiger partial charge in [0.25, 0.3) is 0 Å². The highest BCUT2D eigenvalue weighted by Gasteiger charge is 2.07. The molecule has 6 heteroatoms. The Bertz CT molecular complexity index is 1120. The van der Waals surface area contributed by atoms with Crippen LogP contribution >= 0.6 is 0 Å². The van der Waals surface area contributed by atoms with Crippen LogP contribution in [0.15, 0.2) is 48.5 Å². The van der Waals surface area contributed by atoms with Crippen molar-refractivity contribution in [3.05, 3.63) is 59.6 Å². The average molecular weight is 404 g/mol. The van der Waals surface area contributed by atoms with E-state index >= 15 is 0 Å². The Morgan fingerprint density at radius 3 is 1.62 bits per heavy atom. The minimum Gasteiger partial charge on any atom is -0.493 e. The van der Waals surface area contributed by atoms with Gasteiger partial charge in [-0.3, -0.25) is 9.59 Å². The Morgan fingerprint density at radius 2 is 1.24 bits per heavy atom. The van der Waals surface area contributed by atoms with Crippen molar-refractivity contribution in [1.82, 2.24) is 0 Å². The first-order valence-corrected chi connectivity index (χ1v) is 8.29. The molecule has 0 bridgehead atoms. The van der Waals surface area contributed by atoms with Crippen LogP contribution < -0.4 is 18.9 Å². The molecule has 0 amide bonds. The molecule has 0 saturated carbocycles. The summed E-state index contributed by atoms with van der Waals surface area (Å²) in [5.74, 6) is -1.72. The summed E-state index contributed by atoms with van der Waals surface area (Å²) in [5, 5.41) is 0. The Morgan fingerprint density at radius 1 is 0.793 bits per heavy atom. The van der Waals surface area contributed by atoms with Gasteiger partial charge in [0.15, 0.2) is 34.6 Å². The summed E-state index contributed by atoms with van der Waals surface area (Å²) in [5.41, 5.74) is 0.514. The number of hydrogen-bond acceptors (Lipinski definition) is 6. The second-order valence-electron chi connectivity index (χ2n) is 5.63. The minimum absolute atomic E-state index is 0.120. The molecule has 6 nitrogen and oxygen atoms in total. The van der Waals surface area contributed by atoms with Gasteiger partial charge in [0.2, 0.25) is 0 Å². The van der Waals surface area contributed by atoms with E-state index in [1.165, 1.54) is 50.6 Å². The van der Waals surface area contributed by atoms with E-state index in [0.717, 1.165) is 12.2 Å². The van der Waals surface area contributed by atoms with Gasteiger partial charge in [-0.1, -0.05) is 24.3 Å². The van der Waals surface area contributed by atoms with Gasteiger partial charge in [0.1, 0.15) is 0 Å². The molecule has 0 aromatic heterocycles. The van der Waals surface area contributed by atoms with Crippen molar-refractivity contribution in [2.45, 2.75) is 6.42 Å². The summed E-state index contributed by atoms with van der Waals surface area (Å²) in [4.78, 5) is 24.8. The third-order valence-corrected chi connectivity index (χ3v) is 3.72. The molecule has 29 heavy (non-hydrogen) atoms. The maximum Gasteiger partial charge on any atom is 0.163 e. The van der Waals surface area contributed by atoms with E-state index in [2.05, 4.69) is 0 Å². The van der Waals surface area contributed by atoms with Crippen molar-refractivity contribution in [3.63, 3.8) is 0 Å². The highest BCUT2D eigenvalue weighted by Crippen LogP contribution is 2.28. The molecule has 2 aromatic carbocycles. The first-order valence-electron chi connectivity index (χ1n) is 12.3. The molecule has 0 aliphatic heterocycles. The SMILES string of the molecule is [2H]/C(=C\c1ccc(OC)c(OC([2H])([2H])[2H])c1)C(=O)CC(=O)/C([2H])=C/c1ccc(OC)c(OC([2H])([2H])[2H])c1. The molecule has 0 fully saturated rings. The summed E-state index contributed by atoms with van der Waals surface area (Å²) >= 11 is 0. The monoisotopic (exact) mass is 404 g/mol. The van der Waals surface area contributed by atoms with Gasteiger partial charge in [-0.05, 0) is 47.5 Å². The molecular weight excluding hydrogens is 372 g/mol. The van der Waals surface area contributed by atoms with Crippen LogP contribution in [0.1, 0.15) is 28.5 Å². The number of carbonyl (C=O) groups is 2. The molecule has 0 N–H and O–H groups in total. The van der Waals surface area contributed by atoms with E-state index in [0.29, 0.717) is 0 Å². The Balaban J connectivity index is 2.19. The quantitative estimate of drug-likeness (QED) is 0.441. The molecule has 0 unspecified atom stereocenters. The number of benzene rings is 2. The Hall–Kier alpha value is -3.54. The highest BCUT2D eigenvalue weighted by atomic mass is 16.5. The Kier molecular flexibility index (Phi) is 4.74. The topological polar surface area (TPSA) is 71.1 Å². The number of carbonyl (C=O) groups excluding carboxylic acids is 2. The predicted octanol–water partition coefficient (Wildman–Crippen LogP) is 3.98.